The van der Waals surface area contributed by atoms with Crippen LogP contribution in [0.25, 0.3) is 0 Å². The van der Waals surface area contributed by atoms with Crippen LogP contribution >= 0.6 is 11.8 Å². The first-order valence-electron chi connectivity index (χ1n) is 8.33. The van der Waals surface area contributed by atoms with Crippen LogP contribution in [0.1, 0.15) is 33.6 Å². The van der Waals surface area contributed by atoms with Gasteiger partial charge in [-0.05, 0) is 43.4 Å². The van der Waals surface area contributed by atoms with Crippen molar-refractivity contribution in [3.8, 4) is 0 Å². The van der Waals surface area contributed by atoms with E-state index in [-0.39, 0.29) is 17.9 Å². The molecule has 0 saturated carbocycles. The fraction of sp³-hybridized carbons (Fsp3) is 0.316. The molecule has 0 bridgehead atoms. The molecule has 1 aliphatic heterocycles. The van der Waals surface area contributed by atoms with Crippen molar-refractivity contribution >= 4 is 23.6 Å². The summed E-state index contributed by atoms with van der Waals surface area (Å²) in [4.78, 5) is 31.1. The second kappa shape index (κ2) is 8.16. The molecule has 5 nitrogen and oxygen atoms in total. The summed E-state index contributed by atoms with van der Waals surface area (Å²) >= 11 is 1.48. The Kier molecular flexibility index (Phi) is 5.71. The number of nitrogens with zero attached hydrogens (tertiary/aromatic N) is 2. The number of aromatic nitrogens is 1. The van der Waals surface area contributed by atoms with Gasteiger partial charge < -0.3 is 10.2 Å². The lowest BCUT2D eigenvalue weighted by atomic mass is 10.0. The SMILES string of the molecule is CSc1ncccc1C(=O)N1CCC(NC(=O)c2ccccc2)CC1. The number of amides is 2. The van der Waals surface area contributed by atoms with Gasteiger partial charge in [0.15, 0.2) is 0 Å². The minimum atomic E-state index is -0.0534. The maximum Gasteiger partial charge on any atom is 0.256 e. The summed E-state index contributed by atoms with van der Waals surface area (Å²) in [5, 5.41) is 3.82. The molecule has 1 saturated heterocycles. The second-order valence-corrected chi connectivity index (χ2v) is 6.76. The highest BCUT2D eigenvalue weighted by Crippen LogP contribution is 2.21. The molecular formula is C19H21N3O2S. The quantitative estimate of drug-likeness (QED) is 0.857. The average molecular weight is 355 g/mol. The van der Waals surface area contributed by atoms with Crippen molar-refractivity contribution in [2.75, 3.05) is 19.3 Å². The topological polar surface area (TPSA) is 62.3 Å². The Labute approximate surface area is 151 Å². The number of rotatable bonds is 4. The summed E-state index contributed by atoms with van der Waals surface area (Å²) in [6, 6.07) is 12.9. The van der Waals surface area contributed by atoms with Crippen molar-refractivity contribution in [3.63, 3.8) is 0 Å². The van der Waals surface area contributed by atoms with Crippen molar-refractivity contribution in [2.24, 2.45) is 0 Å². The van der Waals surface area contributed by atoms with Gasteiger partial charge >= 0.3 is 0 Å². The molecule has 6 heteroatoms. The molecule has 1 aromatic carbocycles. The molecule has 1 N–H and O–H groups in total. The van der Waals surface area contributed by atoms with E-state index in [2.05, 4.69) is 10.3 Å². The Morgan fingerprint density at radius 2 is 1.84 bits per heavy atom. The molecule has 3 rings (SSSR count). The fourth-order valence-electron chi connectivity index (χ4n) is 2.97. The number of hydrogen-bond acceptors (Lipinski definition) is 4. The minimum absolute atomic E-state index is 0.0188. The van der Waals surface area contributed by atoms with Crippen LogP contribution in [0.4, 0.5) is 0 Å². The standard InChI is InChI=1S/C19H21N3O2S/c1-25-18-16(8-5-11-20-18)19(24)22-12-9-15(10-13-22)21-17(23)14-6-3-2-4-7-14/h2-8,11,15H,9-10,12-13H2,1H3,(H,21,23). The van der Waals surface area contributed by atoms with Crippen molar-refractivity contribution in [1.82, 2.24) is 15.2 Å². The molecule has 2 aromatic rings. The minimum Gasteiger partial charge on any atom is -0.349 e. The third-order valence-corrected chi connectivity index (χ3v) is 5.06. The third-order valence-electron chi connectivity index (χ3n) is 4.35. The summed E-state index contributed by atoms with van der Waals surface area (Å²) in [6.45, 7) is 1.28. The number of carbonyl (C=O) groups excluding carboxylic acids is 2. The second-order valence-electron chi connectivity index (χ2n) is 5.97. The molecule has 0 aliphatic carbocycles. The fourth-order valence-corrected chi connectivity index (χ4v) is 3.51. The zero-order valence-electron chi connectivity index (χ0n) is 14.1. The van der Waals surface area contributed by atoms with Gasteiger partial charge in [-0.1, -0.05) is 18.2 Å². The number of pyridine rings is 1. The summed E-state index contributed by atoms with van der Waals surface area (Å²) in [5.41, 5.74) is 1.32. The van der Waals surface area contributed by atoms with E-state index >= 15 is 0 Å². The van der Waals surface area contributed by atoms with Crippen LogP contribution in [-0.4, -0.2) is 47.1 Å². The Balaban J connectivity index is 1.57. The zero-order valence-corrected chi connectivity index (χ0v) is 15.0. The van der Waals surface area contributed by atoms with E-state index in [0.29, 0.717) is 24.2 Å². The zero-order chi connectivity index (χ0) is 17.6. The van der Waals surface area contributed by atoms with Crippen LogP contribution in [0.2, 0.25) is 0 Å². The van der Waals surface area contributed by atoms with Crippen LogP contribution in [0, 0.1) is 0 Å². The van der Waals surface area contributed by atoms with Gasteiger partial charge in [0.1, 0.15) is 5.03 Å². The van der Waals surface area contributed by atoms with Gasteiger partial charge in [-0.25, -0.2) is 4.98 Å². The van der Waals surface area contributed by atoms with Crippen LogP contribution in [0.5, 0.6) is 0 Å². The van der Waals surface area contributed by atoms with Crippen molar-refractivity contribution < 1.29 is 9.59 Å². The summed E-state index contributed by atoms with van der Waals surface area (Å²) in [6.07, 6.45) is 5.15. The molecule has 2 heterocycles. The molecule has 25 heavy (non-hydrogen) atoms. The van der Waals surface area contributed by atoms with Crippen LogP contribution in [-0.2, 0) is 0 Å². The predicted molar refractivity (Wildman–Crippen MR) is 98.9 cm³/mol. The highest BCUT2D eigenvalue weighted by Gasteiger charge is 2.26. The Hall–Kier alpha value is -2.34. The molecule has 2 amide bonds. The molecule has 1 aliphatic rings. The van der Waals surface area contributed by atoms with Gasteiger partial charge in [0.05, 0.1) is 5.56 Å². The lowest BCUT2D eigenvalue weighted by Crippen LogP contribution is -2.46. The first-order chi connectivity index (χ1) is 12.2. The maximum absolute atomic E-state index is 12.7. The van der Waals surface area contributed by atoms with Gasteiger partial charge in [-0.2, -0.15) is 0 Å². The molecule has 0 unspecified atom stereocenters. The maximum atomic E-state index is 12.7. The first kappa shape index (κ1) is 17.5. The smallest absolute Gasteiger partial charge is 0.256 e. The summed E-state index contributed by atoms with van der Waals surface area (Å²) in [7, 11) is 0. The van der Waals surface area contributed by atoms with E-state index in [1.807, 2.05) is 35.4 Å². The van der Waals surface area contributed by atoms with Crippen LogP contribution in [0.3, 0.4) is 0 Å². The van der Waals surface area contributed by atoms with Crippen molar-refractivity contribution in [1.29, 1.82) is 0 Å². The molecule has 0 radical (unpaired) electrons. The van der Waals surface area contributed by atoms with Crippen LogP contribution in [0.15, 0.2) is 53.7 Å². The van der Waals surface area contributed by atoms with E-state index in [0.717, 1.165) is 17.9 Å². The number of hydrogen-bond donors (Lipinski definition) is 1. The average Bonchev–Trinajstić information content (AvgIpc) is 2.68. The number of carbonyl (C=O) groups is 2. The number of likely N-dealkylation sites (tertiary alicyclic amines) is 1. The van der Waals surface area contributed by atoms with Gasteiger partial charge in [-0.15, -0.1) is 11.8 Å². The molecule has 1 fully saturated rings. The van der Waals surface area contributed by atoms with E-state index in [9.17, 15) is 9.59 Å². The number of thioether (sulfide) groups is 1. The molecule has 1 aromatic heterocycles. The van der Waals surface area contributed by atoms with E-state index in [4.69, 9.17) is 0 Å². The largest absolute Gasteiger partial charge is 0.349 e. The summed E-state index contributed by atoms with van der Waals surface area (Å²) in [5.74, 6) is -0.0346. The predicted octanol–water partition coefficient (Wildman–Crippen LogP) is 2.84. The lowest BCUT2D eigenvalue weighted by molar-refractivity contribution is 0.0694. The van der Waals surface area contributed by atoms with Gasteiger partial charge in [0.2, 0.25) is 0 Å². The molecule has 0 atom stereocenters. The van der Waals surface area contributed by atoms with Gasteiger partial charge in [0, 0.05) is 30.9 Å². The monoisotopic (exact) mass is 355 g/mol. The van der Waals surface area contributed by atoms with Crippen molar-refractivity contribution in [3.05, 3.63) is 59.8 Å². The van der Waals surface area contributed by atoms with Crippen LogP contribution < -0.4 is 5.32 Å². The van der Waals surface area contributed by atoms with E-state index in [1.165, 1.54) is 11.8 Å². The molecule has 0 spiro atoms. The Morgan fingerprint density at radius 1 is 1.12 bits per heavy atom. The molecule has 130 valence electrons. The number of benzene rings is 1. The first-order valence-corrected chi connectivity index (χ1v) is 9.55. The summed E-state index contributed by atoms with van der Waals surface area (Å²) < 4.78 is 0. The van der Waals surface area contributed by atoms with Gasteiger partial charge in [0.25, 0.3) is 11.8 Å². The van der Waals surface area contributed by atoms with Crippen molar-refractivity contribution in [2.45, 2.75) is 23.9 Å². The van der Waals surface area contributed by atoms with E-state index < -0.39 is 0 Å². The molecular weight excluding hydrogens is 334 g/mol. The Bertz CT molecular complexity index is 743. The number of nitrogens with one attached hydrogen (secondary N) is 1. The number of piperidine rings is 1. The Morgan fingerprint density at radius 3 is 2.52 bits per heavy atom. The lowest BCUT2D eigenvalue weighted by Gasteiger charge is -2.32. The normalized spacial score (nSPS) is 15.0. The van der Waals surface area contributed by atoms with E-state index in [1.54, 1.807) is 24.4 Å². The van der Waals surface area contributed by atoms with Gasteiger partial charge in [-0.3, -0.25) is 9.59 Å². The third kappa shape index (κ3) is 4.20. The highest BCUT2D eigenvalue weighted by atomic mass is 32.2. The highest BCUT2D eigenvalue weighted by molar-refractivity contribution is 7.98.